The van der Waals surface area contributed by atoms with Crippen LogP contribution in [0.15, 0.2) is 36.9 Å². The number of aliphatic hydroxyl groups is 1. The average Bonchev–Trinajstić information content (AvgIpc) is 3.54. The van der Waals surface area contributed by atoms with E-state index in [-0.39, 0.29) is 29.5 Å². The van der Waals surface area contributed by atoms with Crippen LogP contribution < -0.4 is 5.32 Å². The standard InChI is InChI=1S/C25H29ClF3N7O3S/c1-40(38,39)36-9-5-17(6-10-36)32-24-30-11-19(25(27,28)29)23(33-24)20-14-35(15-31-20)21-4-2-3-16(22(21)26)12-34-8-7-18(37)13-34/h2-4,11,14-15,17-18,37H,5-10,12-13H2,1H3,(H,30,32,33)/t18-/m0/s1. The maximum Gasteiger partial charge on any atom is 0.420 e. The van der Waals surface area contributed by atoms with Crippen LogP contribution in [0.1, 0.15) is 30.4 Å². The predicted octanol–water partition coefficient (Wildman–Crippen LogP) is 3.40. The van der Waals surface area contributed by atoms with Crippen LogP contribution in [0.3, 0.4) is 0 Å². The van der Waals surface area contributed by atoms with Crippen molar-refractivity contribution in [2.45, 2.75) is 44.1 Å². The number of aromatic nitrogens is 4. The number of rotatable bonds is 7. The molecule has 2 aromatic heterocycles. The molecule has 40 heavy (non-hydrogen) atoms. The number of β-amino-alcohol motifs (C(OH)–C–C–N with tert-alkyl or cyclic N) is 1. The number of alkyl halides is 3. The van der Waals surface area contributed by atoms with E-state index in [1.54, 1.807) is 10.6 Å². The number of hydrogen-bond acceptors (Lipinski definition) is 8. The Hall–Kier alpha value is -2.78. The third-order valence-electron chi connectivity index (χ3n) is 7.15. The van der Waals surface area contributed by atoms with Crippen molar-refractivity contribution in [2.24, 2.45) is 0 Å². The molecule has 3 aromatic rings. The SMILES string of the molecule is CS(=O)(=O)N1CCC(Nc2ncc(C(F)(F)F)c(-c3cn(-c4cccc(CN5CC[C@H](O)C5)c4Cl)cn3)n2)CC1. The Bertz CT molecular complexity index is 1480. The van der Waals surface area contributed by atoms with Gasteiger partial charge in [0.2, 0.25) is 16.0 Å². The molecule has 2 aliphatic rings. The molecule has 0 aliphatic carbocycles. The molecule has 1 atom stereocenters. The summed E-state index contributed by atoms with van der Waals surface area (Å²) < 4.78 is 68.2. The molecule has 2 N–H and O–H groups in total. The van der Waals surface area contributed by atoms with Gasteiger partial charge in [-0.3, -0.25) is 4.90 Å². The van der Waals surface area contributed by atoms with Gasteiger partial charge in [0, 0.05) is 51.2 Å². The number of anilines is 1. The van der Waals surface area contributed by atoms with Gasteiger partial charge in [0.15, 0.2) is 0 Å². The van der Waals surface area contributed by atoms with E-state index in [9.17, 15) is 26.7 Å². The Kier molecular flexibility index (Phi) is 8.08. The van der Waals surface area contributed by atoms with Gasteiger partial charge in [0.1, 0.15) is 23.3 Å². The topological polar surface area (TPSA) is 116 Å². The van der Waals surface area contributed by atoms with Crippen LogP contribution in [0.5, 0.6) is 0 Å². The molecule has 0 bridgehead atoms. The van der Waals surface area contributed by atoms with Crippen LogP contribution in [-0.2, 0) is 22.7 Å². The van der Waals surface area contributed by atoms with Crippen molar-refractivity contribution in [3.05, 3.63) is 53.1 Å². The predicted molar refractivity (Wildman–Crippen MR) is 144 cm³/mol. The number of nitrogens with one attached hydrogen (secondary N) is 1. The quantitative estimate of drug-likeness (QED) is 0.425. The van der Waals surface area contributed by atoms with Crippen molar-refractivity contribution < 1.29 is 26.7 Å². The fraction of sp³-hybridized carbons (Fsp3) is 0.480. The van der Waals surface area contributed by atoms with E-state index >= 15 is 0 Å². The Morgan fingerprint density at radius 3 is 2.55 bits per heavy atom. The number of likely N-dealkylation sites (tertiary alicyclic amines) is 1. The number of hydrogen-bond donors (Lipinski definition) is 2. The van der Waals surface area contributed by atoms with Gasteiger partial charge in [-0.1, -0.05) is 23.7 Å². The van der Waals surface area contributed by atoms with Gasteiger partial charge < -0.3 is 15.0 Å². The smallest absolute Gasteiger partial charge is 0.392 e. The highest BCUT2D eigenvalue weighted by atomic mass is 35.5. The van der Waals surface area contributed by atoms with Gasteiger partial charge in [-0.2, -0.15) is 13.2 Å². The average molecular weight is 600 g/mol. The molecule has 1 aromatic carbocycles. The Labute approximate surface area is 234 Å². The van der Waals surface area contributed by atoms with Crippen molar-refractivity contribution in [3.63, 3.8) is 0 Å². The van der Waals surface area contributed by atoms with Crippen LogP contribution in [0.25, 0.3) is 17.1 Å². The highest BCUT2D eigenvalue weighted by Gasteiger charge is 2.36. The van der Waals surface area contributed by atoms with Gasteiger partial charge in [0.25, 0.3) is 0 Å². The highest BCUT2D eigenvalue weighted by molar-refractivity contribution is 7.88. The zero-order chi connectivity index (χ0) is 28.7. The maximum atomic E-state index is 13.9. The molecular weight excluding hydrogens is 571 g/mol. The van der Waals surface area contributed by atoms with Crippen molar-refractivity contribution in [3.8, 4) is 17.1 Å². The van der Waals surface area contributed by atoms with Crippen LogP contribution in [-0.4, -0.2) is 86.8 Å². The number of halogens is 4. The molecule has 4 heterocycles. The molecule has 0 spiro atoms. The minimum absolute atomic E-state index is 0.00295. The number of aliphatic hydroxyl groups excluding tert-OH is 1. The summed E-state index contributed by atoms with van der Waals surface area (Å²) in [6.45, 7) is 2.43. The van der Waals surface area contributed by atoms with Crippen molar-refractivity contribution in [2.75, 3.05) is 37.8 Å². The lowest BCUT2D eigenvalue weighted by Gasteiger charge is -2.30. The molecule has 0 saturated carbocycles. The minimum atomic E-state index is -4.71. The number of nitrogens with zero attached hydrogens (tertiary/aromatic N) is 6. The number of imidazole rings is 1. The maximum absolute atomic E-state index is 13.9. The Morgan fingerprint density at radius 2 is 1.90 bits per heavy atom. The first-order valence-electron chi connectivity index (χ1n) is 12.8. The second-order valence-corrected chi connectivity index (χ2v) is 12.5. The Morgan fingerprint density at radius 1 is 1.15 bits per heavy atom. The first-order valence-corrected chi connectivity index (χ1v) is 15.0. The zero-order valence-corrected chi connectivity index (χ0v) is 23.2. The third-order valence-corrected chi connectivity index (χ3v) is 8.89. The lowest BCUT2D eigenvalue weighted by atomic mass is 10.1. The third kappa shape index (κ3) is 6.41. The molecular formula is C25H29ClF3N7O3S. The molecule has 2 fully saturated rings. The molecule has 10 nitrogen and oxygen atoms in total. The highest BCUT2D eigenvalue weighted by Crippen LogP contribution is 2.36. The number of sulfonamides is 1. The molecule has 15 heteroatoms. The summed E-state index contributed by atoms with van der Waals surface area (Å²) >= 11 is 6.69. The van der Waals surface area contributed by atoms with Gasteiger partial charge >= 0.3 is 6.18 Å². The Balaban J connectivity index is 1.39. The summed E-state index contributed by atoms with van der Waals surface area (Å²) in [7, 11) is -3.30. The first-order chi connectivity index (χ1) is 18.9. The molecule has 0 radical (unpaired) electrons. The lowest BCUT2D eigenvalue weighted by molar-refractivity contribution is -0.137. The monoisotopic (exact) mass is 599 g/mol. The van der Waals surface area contributed by atoms with Crippen molar-refractivity contribution in [1.29, 1.82) is 0 Å². The summed E-state index contributed by atoms with van der Waals surface area (Å²) in [4.78, 5) is 14.4. The van der Waals surface area contributed by atoms with Crippen LogP contribution in [0.4, 0.5) is 19.1 Å². The van der Waals surface area contributed by atoms with E-state index in [0.717, 1.165) is 24.6 Å². The minimum Gasteiger partial charge on any atom is -0.392 e. The normalized spacial score (nSPS) is 19.8. The van der Waals surface area contributed by atoms with Gasteiger partial charge in [-0.15, -0.1) is 0 Å². The van der Waals surface area contributed by atoms with Crippen LogP contribution >= 0.6 is 11.6 Å². The first kappa shape index (κ1) is 28.7. The second-order valence-electron chi connectivity index (χ2n) is 10.1. The van der Waals surface area contributed by atoms with Crippen LogP contribution in [0, 0.1) is 0 Å². The molecule has 5 rings (SSSR count). The van der Waals surface area contributed by atoms with E-state index < -0.39 is 21.8 Å². The van der Waals surface area contributed by atoms with Crippen LogP contribution in [0.2, 0.25) is 5.02 Å². The summed E-state index contributed by atoms with van der Waals surface area (Å²) in [5, 5.41) is 13.3. The van der Waals surface area contributed by atoms with Gasteiger partial charge in [-0.25, -0.2) is 27.7 Å². The van der Waals surface area contributed by atoms with Crippen molar-refractivity contribution in [1.82, 2.24) is 28.7 Å². The zero-order valence-electron chi connectivity index (χ0n) is 21.6. The summed E-state index contributed by atoms with van der Waals surface area (Å²) in [5.41, 5.74) is -0.0294. The summed E-state index contributed by atoms with van der Waals surface area (Å²) in [6, 6.07) is 5.24. The fourth-order valence-corrected chi connectivity index (χ4v) is 6.19. The molecule has 0 unspecified atom stereocenters. The van der Waals surface area contributed by atoms with Gasteiger partial charge in [0.05, 0.1) is 23.1 Å². The number of piperidine rings is 1. The molecule has 216 valence electrons. The summed E-state index contributed by atoms with van der Waals surface area (Å²) in [6.07, 6.45) is 1.25. The summed E-state index contributed by atoms with van der Waals surface area (Å²) in [5.74, 6) is 0.00295. The van der Waals surface area contributed by atoms with E-state index in [1.165, 1.54) is 16.8 Å². The second kappa shape index (κ2) is 11.2. The van der Waals surface area contributed by atoms with E-state index in [2.05, 4.69) is 25.2 Å². The van der Waals surface area contributed by atoms with Gasteiger partial charge in [-0.05, 0) is 30.9 Å². The number of benzene rings is 1. The van der Waals surface area contributed by atoms with Crippen molar-refractivity contribution >= 4 is 27.6 Å². The molecule has 0 amide bonds. The van der Waals surface area contributed by atoms with E-state index in [1.807, 2.05) is 12.1 Å². The fourth-order valence-electron chi connectivity index (χ4n) is 5.03. The largest absolute Gasteiger partial charge is 0.420 e. The molecule has 2 saturated heterocycles. The van der Waals surface area contributed by atoms with E-state index in [4.69, 9.17) is 11.6 Å². The lowest BCUT2D eigenvalue weighted by Crippen LogP contribution is -2.42. The molecule has 2 aliphatic heterocycles. The van der Waals surface area contributed by atoms with E-state index in [0.29, 0.717) is 56.2 Å².